The summed E-state index contributed by atoms with van der Waals surface area (Å²) in [6.07, 6.45) is 0. The molecule has 1 nitrogen and oxygen atoms in total. The summed E-state index contributed by atoms with van der Waals surface area (Å²) in [5, 5.41) is 10.2. The Balaban J connectivity index is 1.08. The van der Waals surface area contributed by atoms with E-state index >= 15 is 0 Å². The van der Waals surface area contributed by atoms with Crippen molar-refractivity contribution in [1.29, 1.82) is 0 Å². The van der Waals surface area contributed by atoms with Crippen molar-refractivity contribution in [2.75, 3.05) is 4.90 Å². The van der Waals surface area contributed by atoms with E-state index in [0.717, 1.165) is 17.1 Å². The van der Waals surface area contributed by atoms with E-state index < -0.39 is 5.41 Å². The van der Waals surface area contributed by atoms with Crippen LogP contribution in [0, 0.1) is 0 Å². The van der Waals surface area contributed by atoms with E-state index in [1.54, 1.807) is 0 Å². The van der Waals surface area contributed by atoms with Crippen LogP contribution in [0.4, 0.5) is 17.1 Å². The average molecular weight is 816 g/mol. The van der Waals surface area contributed by atoms with E-state index in [1.807, 2.05) is 11.3 Å². The molecule has 11 aromatic carbocycles. The zero-order chi connectivity index (χ0) is 41.2. The largest absolute Gasteiger partial charge is 0.310 e. The van der Waals surface area contributed by atoms with Crippen LogP contribution in [0.15, 0.2) is 224 Å². The number of anilines is 3. The van der Waals surface area contributed by atoms with Crippen molar-refractivity contribution in [3.63, 3.8) is 0 Å². The van der Waals surface area contributed by atoms with Gasteiger partial charge < -0.3 is 4.90 Å². The van der Waals surface area contributed by atoms with Gasteiger partial charge in [-0.25, -0.2) is 0 Å². The smallest absolute Gasteiger partial charge is 0.0726 e. The van der Waals surface area contributed by atoms with Crippen LogP contribution in [0.1, 0.15) is 22.3 Å². The molecule has 12 aromatic rings. The number of hydrogen-bond acceptors (Lipinski definition) is 2. The third-order valence-corrected chi connectivity index (χ3v) is 15.2. The molecule has 14 rings (SSSR count). The molecule has 0 N–H and O–H groups in total. The number of para-hydroxylation sites is 1. The molecule has 0 amide bonds. The average Bonchev–Trinajstić information content (AvgIpc) is 3.99. The van der Waals surface area contributed by atoms with Crippen molar-refractivity contribution in [2.24, 2.45) is 0 Å². The monoisotopic (exact) mass is 815 g/mol. The van der Waals surface area contributed by atoms with Gasteiger partial charge in [0.25, 0.3) is 0 Å². The Morgan fingerprint density at radius 3 is 1.38 bits per heavy atom. The zero-order valence-electron chi connectivity index (χ0n) is 34.2. The number of benzene rings is 11. The minimum absolute atomic E-state index is 0.458. The first kappa shape index (κ1) is 34.9. The van der Waals surface area contributed by atoms with Gasteiger partial charge in [-0.1, -0.05) is 182 Å². The molecule has 0 atom stereocenters. The quantitative estimate of drug-likeness (QED) is 0.160. The molecule has 2 aliphatic carbocycles. The van der Waals surface area contributed by atoms with Gasteiger partial charge in [0.15, 0.2) is 0 Å². The minimum atomic E-state index is -0.458. The van der Waals surface area contributed by atoms with Crippen molar-refractivity contribution in [2.45, 2.75) is 5.41 Å². The predicted octanol–water partition coefficient (Wildman–Crippen LogP) is 17.0. The maximum absolute atomic E-state index is 2.54. The Labute approximate surface area is 369 Å². The summed E-state index contributed by atoms with van der Waals surface area (Å²) in [4.78, 5) is 2.54. The summed E-state index contributed by atoms with van der Waals surface area (Å²) in [6, 6.07) is 84.2. The summed E-state index contributed by atoms with van der Waals surface area (Å²) in [7, 11) is 0. The molecule has 1 spiro atoms. The first-order valence-electron chi connectivity index (χ1n) is 21.8. The number of rotatable bonds is 4. The topological polar surface area (TPSA) is 3.24 Å². The molecular formula is C61H37NS. The van der Waals surface area contributed by atoms with E-state index in [9.17, 15) is 0 Å². The lowest BCUT2D eigenvalue weighted by Gasteiger charge is -2.33. The third-order valence-electron chi connectivity index (χ3n) is 14.1. The highest BCUT2D eigenvalue weighted by atomic mass is 32.1. The van der Waals surface area contributed by atoms with E-state index in [0.29, 0.717) is 0 Å². The Morgan fingerprint density at radius 1 is 0.286 bits per heavy atom. The van der Waals surface area contributed by atoms with Crippen LogP contribution < -0.4 is 4.90 Å². The van der Waals surface area contributed by atoms with Crippen LogP contribution in [0.2, 0.25) is 0 Å². The number of nitrogens with zero attached hydrogens (tertiary/aromatic N) is 1. The highest BCUT2D eigenvalue weighted by Crippen LogP contribution is 2.63. The lowest BCUT2D eigenvalue weighted by Crippen LogP contribution is -2.26. The number of thiophene rings is 1. The molecule has 292 valence electrons. The fraction of sp³-hybridized carbons (Fsp3) is 0.0164. The van der Waals surface area contributed by atoms with Crippen molar-refractivity contribution in [3.05, 3.63) is 247 Å². The normalized spacial score (nSPS) is 13.2. The van der Waals surface area contributed by atoms with Crippen molar-refractivity contribution < 1.29 is 0 Å². The van der Waals surface area contributed by atoms with Gasteiger partial charge in [-0.3, -0.25) is 0 Å². The van der Waals surface area contributed by atoms with E-state index in [-0.39, 0.29) is 0 Å². The molecule has 0 fully saturated rings. The second-order valence-corrected chi connectivity index (χ2v) is 18.2. The van der Waals surface area contributed by atoms with Gasteiger partial charge in [0, 0.05) is 37.1 Å². The lowest BCUT2D eigenvalue weighted by atomic mass is 9.70. The Morgan fingerprint density at radius 2 is 0.730 bits per heavy atom. The van der Waals surface area contributed by atoms with Crippen molar-refractivity contribution >= 4 is 80.9 Å². The van der Waals surface area contributed by atoms with Gasteiger partial charge in [-0.2, -0.15) is 0 Å². The lowest BCUT2D eigenvalue weighted by molar-refractivity contribution is 0.793. The fourth-order valence-electron chi connectivity index (χ4n) is 11.6. The van der Waals surface area contributed by atoms with E-state index in [4.69, 9.17) is 0 Å². The summed E-state index contributed by atoms with van der Waals surface area (Å²) in [6.45, 7) is 0. The summed E-state index contributed by atoms with van der Waals surface area (Å²) >= 11 is 1.87. The van der Waals surface area contributed by atoms with Gasteiger partial charge >= 0.3 is 0 Å². The molecule has 0 bridgehead atoms. The summed E-state index contributed by atoms with van der Waals surface area (Å²) in [5.41, 5.74) is 16.0. The first-order valence-corrected chi connectivity index (χ1v) is 22.7. The maximum atomic E-state index is 2.54. The third kappa shape index (κ3) is 4.71. The number of hydrogen-bond donors (Lipinski definition) is 0. The van der Waals surface area contributed by atoms with E-state index in [2.05, 4.69) is 229 Å². The molecule has 0 aliphatic heterocycles. The van der Waals surface area contributed by atoms with Gasteiger partial charge in [-0.05, 0) is 125 Å². The Kier molecular flexibility index (Phi) is 7.26. The maximum Gasteiger partial charge on any atom is 0.0726 e. The van der Waals surface area contributed by atoms with Crippen molar-refractivity contribution in [3.8, 4) is 33.4 Å². The van der Waals surface area contributed by atoms with Crippen LogP contribution >= 0.6 is 11.3 Å². The molecule has 63 heavy (non-hydrogen) atoms. The molecular weight excluding hydrogens is 779 g/mol. The van der Waals surface area contributed by atoms with Gasteiger partial charge in [0.2, 0.25) is 0 Å². The highest BCUT2D eigenvalue weighted by Gasteiger charge is 2.51. The molecule has 1 aromatic heterocycles. The zero-order valence-corrected chi connectivity index (χ0v) is 35.0. The standard InChI is InChI=1S/C61H37NS/c1-2-18-42-40(16-1)41-17-3-4-19-43(41)52-36-38(32-34-44(42)52)62(57-29-13-8-23-49(57)50-25-15-31-59-60(50)51-24-9-14-30-58(51)63-59)39-33-35-48-47-22-7-12-28-55(47)61(56(48)37-39)53-26-10-5-20-45(53)46-21-6-11-27-54(46)61/h1-37H. The van der Waals surface area contributed by atoms with Gasteiger partial charge in [0.05, 0.1) is 11.1 Å². The fourth-order valence-corrected chi connectivity index (χ4v) is 12.7. The minimum Gasteiger partial charge on any atom is -0.310 e. The Hall–Kier alpha value is -7.78. The van der Waals surface area contributed by atoms with Crippen molar-refractivity contribution in [1.82, 2.24) is 0 Å². The molecule has 1 heterocycles. The summed E-state index contributed by atoms with van der Waals surface area (Å²) in [5.74, 6) is 0. The van der Waals surface area contributed by atoms with Crippen LogP contribution in [-0.4, -0.2) is 0 Å². The molecule has 0 unspecified atom stereocenters. The van der Waals surface area contributed by atoms with Crippen LogP contribution in [-0.2, 0) is 5.41 Å². The van der Waals surface area contributed by atoms with Crippen LogP contribution in [0.5, 0.6) is 0 Å². The second kappa shape index (κ2) is 13.1. The van der Waals surface area contributed by atoms with Crippen LogP contribution in [0.25, 0.3) is 85.9 Å². The highest BCUT2D eigenvalue weighted by molar-refractivity contribution is 7.25. The number of fused-ring (bicyclic) bond motifs is 19. The predicted molar refractivity (Wildman–Crippen MR) is 268 cm³/mol. The van der Waals surface area contributed by atoms with Crippen LogP contribution in [0.3, 0.4) is 0 Å². The summed E-state index contributed by atoms with van der Waals surface area (Å²) < 4.78 is 2.61. The SMILES string of the molecule is c1ccc(N(c2ccc3c(c2)C2(c4ccccc4-c4ccccc42)c2ccccc2-3)c2ccc3c4ccccc4c4ccccc4c3c2)c(-c2cccc3sc4ccccc4c23)c1. The molecule has 0 radical (unpaired) electrons. The first-order chi connectivity index (χ1) is 31.3. The van der Waals surface area contributed by atoms with Gasteiger partial charge in [0.1, 0.15) is 0 Å². The molecule has 0 saturated heterocycles. The molecule has 2 heteroatoms. The Bertz CT molecular complexity index is 3790. The van der Waals surface area contributed by atoms with E-state index in [1.165, 1.54) is 108 Å². The molecule has 0 saturated carbocycles. The second-order valence-electron chi connectivity index (χ2n) is 17.1. The van der Waals surface area contributed by atoms with Gasteiger partial charge in [-0.15, -0.1) is 11.3 Å². The molecule has 2 aliphatic rings.